The summed E-state index contributed by atoms with van der Waals surface area (Å²) >= 11 is 3.23. The van der Waals surface area contributed by atoms with Crippen molar-refractivity contribution in [3.63, 3.8) is 0 Å². The van der Waals surface area contributed by atoms with Crippen LogP contribution in [0.5, 0.6) is 0 Å². The summed E-state index contributed by atoms with van der Waals surface area (Å²) in [6.45, 7) is 3.35. The molecular weight excluding hydrogens is 235 g/mol. The predicted octanol–water partition coefficient (Wildman–Crippen LogP) is 2.89. The van der Waals surface area contributed by atoms with Crippen molar-refractivity contribution in [3.05, 3.63) is 46.7 Å². The highest BCUT2D eigenvalue weighted by atomic mass is 79.9. The van der Waals surface area contributed by atoms with E-state index >= 15 is 0 Å². The first-order valence-electron chi connectivity index (χ1n) is 3.72. The number of hydrogen-bond acceptors (Lipinski definition) is 1. The molecule has 1 aromatic rings. The maximum Gasteiger partial charge on any atom is 0.159 e. The average molecular weight is 243 g/mol. The van der Waals surface area contributed by atoms with E-state index in [1.54, 1.807) is 6.07 Å². The Bertz CT molecular complexity index is 347. The van der Waals surface area contributed by atoms with E-state index in [1.165, 1.54) is 18.2 Å². The zero-order valence-electron chi connectivity index (χ0n) is 6.89. The SMILES string of the molecule is C=CC(=O)Cc1cc(F)ccc1Br. The minimum Gasteiger partial charge on any atom is -0.295 e. The highest BCUT2D eigenvalue weighted by Gasteiger charge is 2.04. The second kappa shape index (κ2) is 4.33. The molecule has 68 valence electrons. The second-order valence-corrected chi connectivity index (χ2v) is 3.44. The number of ketones is 1. The van der Waals surface area contributed by atoms with Crippen LogP contribution in [0.3, 0.4) is 0 Å². The normalized spacial score (nSPS) is 9.69. The van der Waals surface area contributed by atoms with Gasteiger partial charge in [0, 0.05) is 10.9 Å². The monoisotopic (exact) mass is 242 g/mol. The largest absolute Gasteiger partial charge is 0.295 e. The van der Waals surface area contributed by atoms with E-state index in [0.29, 0.717) is 5.56 Å². The highest BCUT2D eigenvalue weighted by Crippen LogP contribution is 2.18. The van der Waals surface area contributed by atoms with Crippen LogP contribution in [-0.2, 0) is 11.2 Å². The van der Waals surface area contributed by atoms with E-state index in [0.717, 1.165) is 4.47 Å². The van der Waals surface area contributed by atoms with Crippen LogP contribution in [0.2, 0.25) is 0 Å². The summed E-state index contributed by atoms with van der Waals surface area (Å²) in [6, 6.07) is 4.26. The van der Waals surface area contributed by atoms with Crippen molar-refractivity contribution in [1.82, 2.24) is 0 Å². The molecule has 0 aliphatic carbocycles. The van der Waals surface area contributed by atoms with E-state index in [2.05, 4.69) is 22.5 Å². The number of carbonyl (C=O) groups excluding carboxylic acids is 1. The van der Waals surface area contributed by atoms with E-state index in [4.69, 9.17) is 0 Å². The lowest BCUT2D eigenvalue weighted by Crippen LogP contribution is -1.99. The molecule has 0 unspecified atom stereocenters. The van der Waals surface area contributed by atoms with Crippen LogP contribution in [0.1, 0.15) is 5.56 Å². The summed E-state index contributed by atoms with van der Waals surface area (Å²) in [6.07, 6.45) is 1.42. The van der Waals surface area contributed by atoms with E-state index in [9.17, 15) is 9.18 Å². The fourth-order valence-corrected chi connectivity index (χ4v) is 1.33. The molecule has 0 saturated carbocycles. The minimum absolute atomic E-state index is 0.119. The van der Waals surface area contributed by atoms with Gasteiger partial charge in [0.1, 0.15) is 5.82 Å². The molecule has 13 heavy (non-hydrogen) atoms. The van der Waals surface area contributed by atoms with Crippen molar-refractivity contribution in [1.29, 1.82) is 0 Å². The Hall–Kier alpha value is -0.960. The van der Waals surface area contributed by atoms with Crippen LogP contribution in [0.25, 0.3) is 0 Å². The molecule has 0 aliphatic heterocycles. The Morgan fingerprint density at radius 3 is 2.92 bits per heavy atom. The minimum atomic E-state index is -0.338. The Balaban J connectivity index is 2.93. The van der Waals surface area contributed by atoms with E-state index in [-0.39, 0.29) is 18.0 Å². The Morgan fingerprint density at radius 1 is 1.62 bits per heavy atom. The van der Waals surface area contributed by atoms with Crippen LogP contribution < -0.4 is 0 Å². The van der Waals surface area contributed by atoms with Gasteiger partial charge in [-0.15, -0.1) is 0 Å². The fraction of sp³-hybridized carbons (Fsp3) is 0.100. The molecule has 1 rings (SSSR count). The summed E-state index contributed by atoms with van der Waals surface area (Å²) in [5.41, 5.74) is 0.643. The van der Waals surface area contributed by atoms with Gasteiger partial charge in [-0.25, -0.2) is 4.39 Å². The van der Waals surface area contributed by atoms with Crippen LogP contribution in [0.4, 0.5) is 4.39 Å². The van der Waals surface area contributed by atoms with Gasteiger partial charge in [0.05, 0.1) is 0 Å². The summed E-state index contributed by atoms with van der Waals surface area (Å²) < 4.78 is 13.5. The molecule has 1 nitrogen and oxygen atoms in total. The molecule has 0 atom stereocenters. The van der Waals surface area contributed by atoms with Gasteiger partial charge >= 0.3 is 0 Å². The summed E-state index contributed by atoms with van der Waals surface area (Å²) in [7, 11) is 0. The Labute approximate surface area is 84.4 Å². The Morgan fingerprint density at radius 2 is 2.31 bits per heavy atom. The van der Waals surface area contributed by atoms with Crippen molar-refractivity contribution < 1.29 is 9.18 Å². The molecule has 3 heteroatoms. The van der Waals surface area contributed by atoms with Crippen molar-refractivity contribution in [2.75, 3.05) is 0 Å². The van der Waals surface area contributed by atoms with Crippen molar-refractivity contribution in [2.24, 2.45) is 0 Å². The first-order chi connectivity index (χ1) is 6.13. The van der Waals surface area contributed by atoms with E-state index < -0.39 is 0 Å². The summed E-state index contributed by atoms with van der Waals surface area (Å²) in [5, 5.41) is 0. The molecule has 0 saturated heterocycles. The second-order valence-electron chi connectivity index (χ2n) is 2.58. The molecule has 1 aromatic carbocycles. The smallest absolute Gasteiger partial charge is 0.159 e. The zero-order valence-corrected chi connectivity index (χ0v) is 8.47. The molecule has 0 aromatic heterocycles. The number of benzene rings is 1. The van der Waals surface area contributed by atoms with Crippen LogP contribution in [0, 0.1) is 5.82 Å². The summed E-state index contributed by atoms with van der Waals surface area (Å²) in [4.78, 5) is 11.0. The first kappa shape index (κ1) is 10.1. The molecule has 0 bridgehead atoms. The maximum absolute atomic E-state index is 12.7. The van der Waals surface area contributed by atoms with Crippen LogP contribution in [-0.4, -0.2) is 5.78 Å². The molecule has 0 N–H and O–H groups in total. The topological polar surface area (TPSA) is 17.1 Å². The Kier molecular flexibility index (Phi) is 3.37. The van der Waals surface area contributed by atoms with Crippen LogP contribution >= 0.6 is 15.9 Å². The zero-order chi connectivity index (χ0) is 9.84. The number of halogens is 2. The molecule has 0 fully saturated rings. The van der Waals surface area contributed by atoms with Gasteiger partial charge in [-0.1, -0.05) is 22.5 Å². The van der Waals surface area contributed by atoms with Crippen molar-refractivity contribution in [3.8, 4) is 0 Å². The number of carbonyl (C=O) groups is 1. The summed E-state index contributed by atoms with van der Waals surface area (Å²) in [5.74, 6) is -0.457. The third-order valence-electron chi connectivity index (χ3n) is 1.60. The molecule has 0 heterocycles. The van der Waals surface area contributed by atoms with Gasteiger partial charge in [-0.2, -0.15) is 0 Å². The van der Waals surface area contributed by atoms with Gasteiger partial charge in [0.15, 0.2) is 5.78 Å². The van der Waals surface area contributed by atoms with Gasteiger partial charge in [-0.05, 0) is 29.8 Å². The molecule has 0 spiro atoms. The number of rotatable bonds is 3. The lowest BCUT2D eigenvalue weighted by molar-refractivity contribution is -0.114. The molecule has 0 radical (unpaired) electrons. The van der Waals surface area contributed by atoms with Gasteiger partial charge in [0.25, 0.3) is 0 Å². The molecule has 0 aliphatic rings. The van der Waals surface area contributed by atoms with Gasteiger partial charge < -0.3 is 0 Å². The third kappa shape index (κ3) is 2.77. The quantitative estimate of drug-likeness (QED) is 0.746. The van der Waals surface area contributed by atoms with Gasteiger partial charge in [-0.3, -0.25) is 4.79 Å². The fourth-order valence-electron chi connectivity index (χ4n) is 0.939. The highest BCUT2D eigenvalue weighted by molar-refractivity contribution is 9.10. The number of hydrogen-bond donors (Lipinski definition) is 0. The predicted molar refractivity (Wildman–Crippen MR) is 53.0 cm³/mol. The lowest BCUT2D eigenvalue weighted by Gasteiger charge is -2.01. The third-order valence-corrected chi connectivity index (χ3v) is 2.37. The molecule has 0 amide bonds. The van der Waals surface area contributed by atoms with E-state index in [1.807, 2.05) is 0 Å². The maximum atomic E-state index is 12.7. The van der Waals surface area contributed by atoms with Crippen LogP contribution in [0.15, 0.2) is 35.3 Å². The van der Waals surface area contributed by atoms with Gasteiger partial charge in [0.2, 0.25) is 0 Å². The standard InChI is InChI=1S/C10H8BrFO/c1-2-9(13)6-7-5-8(12)3-4-10(7)11/h2-5H,1,6H2. The number of allylic oxidation sites excluding steroid dienone is 1. The van der Waals surface area contributed by atoms with Crippen molar-refractivity contribution in [2.45, 2.75) is 6.42 Å². The van der Waals surface area contributed by atoms with Crippen molar-refractivity contribution >= 4 is 21.7 Å². The molecular formula is C10H8BrFO. The average Bonchev–Trinajstić information content (AvgIpc) is 2.11. The first-order valence-corrected chi connectivity index (χ1v) is 4.52. The lowest BCUT2D eigenvalue weighted by atomic mass is 10.1.